The van der Waals surface area contributed by atoms with Crippen molar-refractivity contribution in [3.8, 4) is 34.1 Å². The van der Waals surface area contributed by atoms with E-state index in [1.54, 1.807) is 41.1 Å². The van der Waals surface area contributed by atoms with E-state index in [0.717, 1.165) is 26.9 Å². The molecule has 3 heterocycles. The topological polar surface area (TPSA) is 58.6 Å². The number of aryl methyl sites for hydroxylation is 3. The fourth-order valence-electron chi connectivity index (χ4n) is 6.25. The van der Waals surface area contributed by atoms with E-state index in [1.807, 2.05) is 18.2 Å². The van der Waals surface area contributed by atoms with Gasteiger partial charge in [0.1, 0.15) is 11.7 Å². The average molecular weight is 872 g/mol. The number of aromatic nitrogens is 3. The molecule has 0 atom stereocenters. The van der Waals surface area contributed by atoms with Crippen LogP contribution in [0.5, 0.6) is 0 Å². The van der Waals surface area contributed by atoms with Crippen LogP contribution in [0.1, 0.15) is 106 Å². The van der Waals surface area contributed by atoms with Crippen molar-refractivity contribution in [1.29, 1.82) is 5.26 Å². The largest absolute Gasteiger partial charge is 3.00 e. The van der Waals surface area contributed by atoms with Crippen LogP contribution in [0.2, 0.25) is 0 Å². The summed E-state index contributed by atoms with van der Waals surface area (Å²) in [6, 6.07) is 28.1. The Morgan fingerprint density at radius 1 is 0.942 bits per heavy atom. The monoisotopic (exact) mass is 872 g/mol. The molecular formula is C46H46IrN4O+. The van der Waals surface area contributed by atoms with Crippen LogP contribution < -0.4 is 4.57 Å². The molecule has 6 heteroatoms. The molecule has 5 nitrogen and oxygen atoms in total. The van der Waals surface area contributed by atoms with Crippen LogP contribution in [-0.4, -0.2) is 9.55 Å². The van der Waals surface area contributed by atoms with E-state index in [0.29, 0.717) is 27.6 Å². The van der Waals surface area contributed by atoms with Crippen molar-refractivity contribution in [2.24, 2.45) is 6.98 Å². The number of furan rings is 1. The minimum atomic E-state index is -2.47. The van der Waals surface area contributed by atoms with E-state index >= 15 is 0 Å². The molecule has 0 unspecified atom stereocenters. The molecule has 0 aliphatic heterocycles. The standard InChI is InChI=1S/C36H37N2O.C10H9N2.Ir/c1-20(2)28-15-25(36(7,8)9)16-29(21(3)4)33(28)30-17-31(38-19-23(30)6)26-14-13-22(5)32-27-12-10-11-24(18-37)34(27)39-35(26)32;1-11-7-8-12(9-11)10-5-3-2-4-6-10;/h10-13,15-17,19-21H,1-9H3;2-5,7-8H,1H3;/q2*-1;+3/i5D3,6D3;1D3;. The summed E-state index contributed by atoms with van der Waals surface area (Å²) in [6.07, 6.45) is 7.21. The molecule has 4 aromatic carbocycles. The Morgan fingerprint density at radius 2 is 1.69 bits per heavy atom. The summed E-state index contributed by atoms with van der Waals surface area (Å²) in [5.41, 5.74) is 7.08. The number of nitriles is 1. The predicted molar refractivity (Wildman–Crippen MR) is 207 cm³/mol. The van der Waals surface area contributed by atoms with Crippen molar-refractivity contribution >= 4 is 21.9 Å². The molecule has 0 saturated heterocycles. The number of hydrogen-bond donors (Lipinski definition) is 0. The molecule has 0 aliphatic carbocycles. The van der Waals surface area contributed by atoms with E-state index < -0.39 is 20.7 Å². The normalized spacial score (nSPS) is 14.7. The second kappa shape index (κ2) is 15.4. The Hall–Kier alpha value is -4.82. The maximum absolute atomic E-state index is 9.76. The molecule has 7 aromatic rings. The number of rotatable bonds is 5. The smallest absolute Gasteiger partial charge is 0.499 e. The molecule has 7 rings (SSSR count). The second-order valence-electron chi connectivity index (χ2n) is 14.3. The average Bonchev–Trinajstić information content (AvgIpc) is 3.83. The number of imidazole rings is 1. The van der Waals surface area contributed by atoms with Gasteiger partial charge in [0.2, 0.25) is 6.33 Å². The molecule has 0 bridgehead atoms. The minimum Gasteiger partial charge on any atom is -0.499 e. The van der Waals surface area contributed by atoms with Gasteiger partial charge in [-0.05, 0) is 69.2 Å². The summed E-state index contributed by atoms with van der Waals surface area (Å²) in [7, 11) is 0. The summed E-state index contributed by atoms with van der Waals surface area (Å²) < 4.78 is 80.5. The third-order valence-corrected chi connectivity index (χ3v) is 8.96. The van der Waals surface area contributed by atoms with Crippen LogP contribution in [0, 0.1) is 43.5 Å². The van der Waals surface area contributed by atoms with Gasteiger partial charge in [-0.2, -0.15) is 35.6 Å². The van der Waals surface area contributed by atoms with Gasteiger partial charge in [0.05, 0.1) is 22.2 Å². The van der Waals surface area contributed by atoms with Gasteiger partial charge in [0, 0.05) is 32.2 Å². The van der Waals surface area contributed by atoms with Gasteiger partial charge in [0.25, 0.3) is 0 Å². The first-order valence-corrected chi connectivity index (χ1v) is 16.9. The predicted octanol–water partition coefficient (Wildman–Crippen LogP) is 11.0. The third kappa shape index (κ3) is 7.54. The maximum Gasteiger partial charge on any atom is 3.00 e. The van der Waals surface area contributed by atoms with Crippen LogP contribution >= 0.6 is 0 Å². The van der Waals surface area contributed by atoms with Gasteiger partial charge in [-0.3, -0.25) is 0 Å². The molecule has 0 spiro atoms. The van der Waals surface area contributed by atoms with E-state index in [2.05, 4.69) is 90.1 Å². The SMILES string of the molecule is [2H]C([2H])([2H])[n+]1[c-]n(-c2[c-]cccc2)cc1.[2H]C([2H])([2H])c1cnc(-c2[c-]cc(C([2H])([2H])[2H])c3c2oc2c(C#N)cccc23)cc1-c1c(C(C)C)cc(C(C)(C)C)cc1C(C)C.[Ir+3]. The first-order chi connectivity index (χ1) is 27.9. The first-order valence-electron chi connectivity index (χ1n) is 21.4. The van der Waals surface area contributed by atoms with Gasteiger partial charge in [-0.25, -0.2) is 0 Å². The zero-order chi connectivity index (χ0) is 44.1. The van der Waals surface area contributed by atoms with Crippen LogP contribution in [0.15, 0.2) is 89.7 Å². The van der Waals surface area contributed by atoms with Crippen molar-refractivity contribution in [2.45, 2.75) is 79.4 Å². The van der Waals surface area contributed by atoms with Gasteiger partial charge in [0.15, 0.2) is 0 Å². The number of fused-ring (bicyclic) bond motifs is 3. The van der Waals surface area contributed by atoms with Gasteiger partial charge < -0.3 is 18.5 Å². The van der Waals surface area contributed by atoms with E-state index in [-0.39, 0.29) is 65.2 Å². The molecular weight excluding hydrogens is 817 g/mol. The van der Waals surface area contributed by atoms with Crippen molar-refractivity contribution in [1.82, 2.24) is 9.55 Å². The second-order valence-corrected chi connectivity index (χ2v) is 14.3. The van der Waals surface area contributed by atoms with Gasteiger partial charge >= 0.3 is 20.1 Å². The zero-order valence-electron chi connectivity index (χ0n) is 39.3. The number of nitrogens with zero attached hydrogens (tertiary/aromatic N) is 4. The fourth-order valence-corrected chi connectivity index (χ4v) is 6.25. The van der Waals surface area contributed by atoms with Crippen molar-refractivity contribution in [3.05, 3.63) is 137 Å². The summed E-state index contributed by atoms with van der Waals surface area (Å²) in [6.45, 7) is 7.85. The quantitative estimate of drug-likeness (QED) is 0.128. The number of benzene rings is 4. The first kappa shape index (κ1) is 27.8. The summed E-state index contributed by atoms with van der Waals surface area (Å²) in [5, 5.41) is 10.6. The van der Waals surface area contributed by atoms with Crippen LogP contribution in [0.3, 0.4) is 0 Å². The maximum atomic E-state index is 9.76. The third-order valence-electron chi connectivity index (χ3n) is 8.96. The van der Waals surface area contributed by atoms with Gasteiger partial charge in [-0.1, -0.05) is 102 Å². The Morgan fingerprint density at radius 3 is 2.29 bits per heavy atom. The van der Waals surface area contributed by atoms with Gasteiger partial charge in [-0.15, -0.1) is 17.7 Å². The Bertz CT molecular complexity index is 2700. The summed E-state index contributed by atoms with van der Waals surface area (Å²) in [5.74, 6) is 0.190. The molecule has 52 heavy (non-hydrogen) atoms. The molecule has 0 aliphatic rings. The van der Waals surface area contributed by atoms with Crippen molar-refractivity contribution < 1.29 is 41.4 Å². The molecule has 0 amide bonds. The van der Waals surface area contributed by atoms with Crippen molar-refractivity contribution in [3.63, 3.8) is 0 Å². The molecule has 0 N–H and O–H groups in total. The minimum absolute atomic E-state index is 0. The van der Waals surface area contributed by atoms with Crippen LogP contribution in [-0.2, 0) is 32.5 Å². The van der Waals surface area contributed by atoms with E-state index in [4.69, 9.17) is 16.8 Å². The molecule has 0 radical (unpaired) electrons. The van der Waals surface area contributed by atoms with E-state index in [1.165, 1.54) is 24.0 Å². The number of para-hydroxylation sites is 2. The van der Waals surface area contributed by atoms with Crippen LogP contribution in [0.4, 0.5) is 0 Å². The molecule has 0 saturated carbocycles. The molecule has 3 aromatic heterocycles. The molecule has 0 fully saturated rings. The zero-order valence-corrected chi connectivity index (χ0v) is 32.7. The molecule has 264 valence electrons. The van der Waals surface area contributed by atoms with Crippen molar-refractivity contribution in [2.75, 3.05) is 0 Å². The summed E-state index contributed by atoms with van der Waals surface area (Å²) >= 11 is 0. The fraction of sp³-hybridized carbons (Fsp3) is 0.283. The number of pyridine rings is 1. The van der Waals surface area contributed by atoms with E-state index in [9.17, 15) is 5.26 Å². The number of hydrogen-bond acceptors (Lipinski definition) is 3. The summed E-state index contributed by atoms with van der Waals surface area (Å²) in [4.78, 5) is 4.61. The Kier molecular flexibility index (Phi) is 8.24. The Labute approximate surface area is 335 Å². The Balaban J connectivity index is 0.000000369. The van der Waals surface area contributed by atoms with Crippen LogP contribution in [0.25, 0.3) is 50.0 Å².